The molecule has 1 fully saturated rings. The predicted octanol–water partition coefficient (Wildman–Crippen LogP) is 3.18. The second kappa shape index (κ2) is 6.82. The van der Waals surface area contributed by atoms with Crippen molar-refractivity contribution in [3.05, 3.63) is 65.5 Å². The van der Waals surface area contributed by atoms with Gasteiger partial charge in [0.15, 0.2) is 0 Å². The Morgan fingerprint density at radius 3 is 2.70 bits per heavy atom. The van der Waals surface area contributed by atoms with Crippen molar-refractivity contribution in [2.75, 3.05) is 12.3 Å². The zero-order valence-electron chi connectivity index (χ0n) is 13.0. The average molecular weight is 312 g/mol. The number of anilines is 1. The van der Waals surface area contributed by atoms with Gasteiger partial charge in [-0.2, -0.15) is 0 Å². The van der Waals surface area contributed by atoms with E-state index in [2.05, 4.69) is 0 Å². The topological polar surface area (TPSA) is 46.3 Å². The highest BCUT2D eigenvalue weighted by Gasteiger charge is 2.28. The van der Waals surface area contributed by atoms with Crippen LogP contribution in [0.2, 0.25) is 0 Å². The van der Waals surface area contributed by atoms with Crippen LogP contribution in [0.1, 0.15) is 24.0 Å². The summed E-state index contributed by atoms with van der Waals surface area (Å²) in [4.78, 5) is 14.5. The minimum absolute atomic E-state index is 0.133. The highest BCUT2D eigenvalue weighted by atomic mass is 19.1. The van der Waals surface area contributed by atoms with E-state index in [0.717, 1.165) is 30.5 Å². The van der Waals surface area contributed by atoms with E-state index < -0.39 is 0 Å². The fraction of sp³-hybridized carbons (Fsp3) is 0.316. The molecule has 0 bridgehead atoms. The molecule has 0 spiro atoms. The molecular weight excluding hydrogens is 291 g/mol. The van der Waals surface area contributed by atoms with Crippen LogP contribution in [0.25, 0.3) is 0 Å². The normalized spacial score (nSPS) is 17.4. The number of likely N-dealkylation sites (tertiary alicyclic amines) is 1. The molecule has 2 aromatic rings. The summed E-state index contributed by atoms with van der Waals surface area (Å²) in [7, 11) is 0. The Hall–Kier alpha value is -2.36. The largest absolute Gasteiger partial charge is 0.399 e. The third kappa shape index (κ3) is 3.89. The SMILES string of the molecule is Nc1ccc(CC(=O)N2CCCC2Cc2cccc(F)c2)cc1. The molecule has 3 nitrogen and oxygen atoms in total. The molecule has 1 amide bonds. The van der Waals surface area contributed by atoms with Crippen LogP contribution in [0, 0.1) is 5.82 Å². The van der Waals surface area contributed by atoms with Gasteiger partial charge in [-0.05, 0) is 54.7 Å². The second-order valence-electron chi connectivity index (χ2n) is 6.14. The molecule has 1 atom stereocenters. The highest BCUT2D eigenvalue weighted by Crippen LogP contribution is 2.22. The zero-order chi connectivity index (χ0) is 16.2. The number of nitrogen functional groups attached to an aromatic ring is 1. The van der Waals surface area contributed by atoms with E-state index >= 15 is 0 Å². The van der Waals surface area contributed by atoms with E-state index in [1.807, 2.05) is 35.2 Å². The lowest BCUT2D eigenvalue weighted by Crippen LogP contribution is -2.37. The summed E-state index contributed by atoms with van der Waals surface area (Å²) in [6.45, 7) is 0.786. The van der Waals surface area contributed by atoms with Gasteiger partial charge in [0.05, 0.1) is 6.42 Å². The molecular formula is C19H21FN2O. The minimum Gasteiger partial charge on any atom is -0.399 e. The summed E-state index contributed by atoms with van der Waals surface area (Å²) in [5.41, 5.74) is 8.29. The molecule has 0 saturated carbocycles. The number of hydrogen-bond donors (Lipinski definition) is 1. The number of rotatable bonds is 4. The molecule has 120 valence electrons. The van der Waals surface area contributed by atoms with Crippen molar-refractivity contribution in [1.29, 1.82) is 0 Å². The van der Waals surface area contributed by atoms with Crippen LogP contribution in [-0.2, 0) is 17.6 Å². The van der Waals surface area contributed by atoms with Gasteiger partial charge in [-0.15, -0.1) is 0 Å². The summed E-state index contributed by atoms with van der Waals surface area (Å²) in [6, 6.07) is 14.2. The second-order valence-corrected chi connectivity index (χ2v) is 6.14. The molecule has 2 N–H and O–H groups in total. The Morgan fingerprint density at radius 2 is 1.96 bits per heavy atom. The highest BCUT2D eigenvalue weighted by molar-refractivity contribution is 5.79. The molecule has 3 rings (SSSR count). The number of nitrogens with zero attached hydrogens (tertiary/aromatic N) is 1. The predicted molar refractivity (Wildman–Crippen MR) is 89.4 cm³/mol. The van der Waals surface area contributed by atoms with Crippen LogP contribution < -0.4 is 5.73 Å². The average Bonchev–Trinajstić information content (AvgIpc) is 2.98. The van der Waals surface area contributed by atoms with Gasteiger partial charge in [0, 0.05) is 18.3 Å². The molecule has 23 heavy (non-hydrogen) atoms. The van der Waals surface area contributed by atoms with Crippen molar-refractivity contribution < 1.29 is 9.18 Å². The van der Waals surface area contributed by atoms with Gasteiger partial charge in [0.2, 0.25) is 5.91 Å². The maximum atomic E-state index is 13.3. The third-order valence-corrected chi connectivity index (χ3v) is 4.39. The fourth-order valence-corrected chi connectivity index (χ4v) is 3.22. The summed E-state index contributed by atoms with van der Waals surface area (Å²) in [5.74, 6) is -0.0890. The number of benzene rings is 2. The lowest BCUT2D eigenvalue weighted by Gasteiger charge is -2.25. The Kier molecular flexibility index (Phi) is 4.60. The smallest absolute Gasteiger partial charge is 0.227 e. The van der Waals surface area contributed by atoms with Crippen LogP contribution in [0.4, 0.5) is 10.1 Å². The first-order chi connectivity index (χ1) is 11.1. The molecule has 1 heterocycles. The zero-order valence-corrected chi connectivity index (χ0v) is 13.0. The molecule has 1 aliphatic rings. The lowest BCUT2D eigenvalue weighted by molar-refractivity contribution is -0.131. The molecule has 0 aromatic heterocycles. The Balaban J connectivity index is 1.66. The molecule has 1 saturated heterocycles. The Morgan fingerprint density at radius 1 is 1.17 bits per heavy atom. The van der Waals surface area contributed by atoms with E-state index in [9.17, 15) is 9.18 Å². The van der Waals surface area contributed by atoms with Gasteiger partial charge in [0.1, 0.15) is 5.82 Å². The van der Waals surface area contributed by atoms with Crippen LogP contribution in [0.5, 0.6) is 0 Å². The van der Waals surface area contributed by atoms with Crippen molar-refractivity contribution in [3.63, 3.8) is 0 Å². The van der Waals surface area contributed by atoms with Crippen molar-refractivity contribution in [3.8, 4) is 0 Å². The molecule has 1 unspecified atom stereocenters. The molecule has 2 aromatic carbocycles. The monoisotopic (exact) mass is 312 g/mol. The van der Waals surface area contributed by atoms with Gasteiger partial charge in [-0.1, -0.05) is 24.3 Å². The van der Waals surface area contributed by atoms with Gasteiger partial charge in [0.25, 0.3) is 0 Å². The first-order valence-corrected chi connectivity index (χ1v) is 8.00. The fourth-order valence-electron chi connectivity index (χ4n) is 3.22. The maximum absolute atomic E-state index is 13.3. The number of hydrogen-bond acceptors (Lipinski definition) is 2. The number of carbonyl (C=O) groups is 1. The summed E-state index contributed by atoms with van der Waals surface area (Å²) in [5, 5.41) is 0. The van der Waals surface area contributed by atoms with Crippen LogP contribution in [0.3, 0.4) is 0 Å². The van der Waals surface area contributed by atoms with Gasteiger partial charge >= 0.3 is 0 Å². The van der Waals surface area contributed by atoms with Crippen molar-refractivity contribution in [2.24, 2.45) is 0 Å². The first kappa shape index (κ1) is 15.5. The van der Waals surface area contributed by atoms with Crippen LogP contribution in [0.15, 0.2) is 48.5 Å². The van der Waals surface area contributed by atoms with Crippen molar-refractivity contribution >= 4 is 11.6 Å². The van der Waals surface area contributed by atoms with Crippen LogP contribution >= 0.6 is 0 Å². The Bertz CT molecular complexity index is 684. The van der Waals surface area contributed by atoms with Crippen LogP contribution in [-0.4, -0.2) is 23.4 Å². The standard InChI is InChI=1S/C19H21FN2O/c20-16-4-1-3-15(11-16)12-18-5-2-10-22(18)19(23)13-14-6-8-17(21)9-7-14/h1,3-4,6-9,11,18H,2,5,10,12-13,21H2. The van der Waals surface area contributed by atoms with Crippen molar-refractivity contribution in [2.45, 2.75) is 31.7 Å². The molecule has 4 heteroatoms. The summed E-state index contributed by atoms with van der Waals surface area (Å²) in [6.07, 6.45) is 3.09. The van der Waals surface area contributed by atoms with Crippen molar-refractivity contribution in [1.82, 2.24) is 4.90 Å². The third-order valence-electron chi connectivity index (χ3n) is 4.39. The van der Waals surface area contributed by atoms with Gasteiger partial charge < -0.3 is 10.6 Å². The first-order valence-electron chi connectivity index (χ1n) is 8.00. The molecule has 1 aliphatic heterocycles. The van der Waals surface area contributed by atoms with E-state index in [1.54, 1.807) is 12.1 Å². The number of carbonyl (C=O) groups excluding carboxylic acids is 1. The summed E-state index contributed by atoms with van der Waals surface area (Å²) >= 11 is 0. The van der Waals surface area contributed by atoms with Gasteiger partial charge in [-0.25, -0.2) is 4.39 Å². The molecule has 0 radical (unpaired) electrons. The maximum Gasteiger partial charge on any atom is 0.227 e. The quantitative estimate of drug-likeness (QED) is 0.881. The van der Waals surface area contributed by atoms with Gasteiger partial charge in [-0.3, -0.25) is 4.79 Å². The number of halogens is 1. The molecule has 0 aliphatic carbocycles. The van der Waals surface area contributed by atoms with E-state index in [-0.39, 0.29) is 17.8 Å². The summed E-state index contributed by atoms with van der Waals surface area (Å²) < 4.78 is 13.3. The minimum atomic E-state index is -0.222. The Labute approximate surface area is 135 Å². The van der Waals surface area contributed by atoms with E-state index in [4.69, 9.17) is 5.73 Å². The van der Waals surface area contributed by atoms with E-state index in [0.29, 0.717) is 18.5 Å². The number of amides is 1. The number of nitrogens with two attached hydrogens (primary N) is 1. The lowest BCUT2D eigenvalue weighted by atomic mass is 10.0. The van der Waals surface area contributed by atoms with E-state index in [1.165, 1.54) is 6.07 Å².